The third-order valence-electron chi connectivity index (χ3n) is 3.51. The molecule has 1 aliphatic heterocycles. The largest absolute Gasteiger partial charge is 0.388 e. The summed E-state index contributed by atoms with van der Waals surface area (Å²) in [6, 6.07) is 0. The average Bonchev–Trinajstić information content (AvgIpc) is 2.80. The molecule has 1 saturated heterocycles. The van der Waals surface area contributed by atoms with Crippen LogP contribution in [0.3, 0.4) is 0 Å². The van der Waals surface area contributed by atoms with E-state index >= 15 is 0 Å². The van der Waals surface area contributed by atoms with Crippen LogP contribution in [0.15, 0.2) is 6.20 Å². The van der Waals surface area contributed by atoms with Gasteiger partial charge >= 0.3 is 0 Å². The number of hydrogen-bond acceptors (Lipinski definition) is 4. The quantitative estimate of drug-likeness (QED) is 0.896. The third kappa shape index (κ3) is 3.19. The molecule has 1 N–H and O–H groups in total. The van der Waals surface area contributed by atoms with E-state index in [9.17, 15) is 5.11 Å². The van der Waals surface area contributed by atoms with E-state index in [4.69, 9.17) is 0 Å². The van der Waals surface area contributed by atoms with E-state index in [2.05, 4.69) is 16.8 Å². The Morgan fingerprint density at radius 3 is 2.76 bits per heavy atom. The summed E-state index contributed by atoms with van der Waals surface area (Å²) in [6.45, 7) is 6.31. The van der Waals surface area contributed by atoms with Gasteiger partial charge in [0.05, 0.1) is 11.0 Å². The molecule has 1 aromatic rings. The summed E-state index contributed by atoms with van der Waals surface area (Å²) in [7, 11) is 0. The van der Waals surface area contributed by atoms with E-state index in [0.29, 0.717) is 0 Å². The minimum absolute atomic E-state index is 0.390. The van der Waals surface area contributed by atoms with Gasteiger partial charge in [0, 0.05) is 19.3 Å². The highest BCUT2D eigenvalue weighted by Crippen LogP contribution is 2.31. The zero-order valence-electron chi connectivity index (χ0n) is 10.7. The summed E-state index contributed by atoms with van der Waals surface area (Å²) in [5.74, 6) is 0.910. The van der Waals surface area contributed by atoms with E-state index in [0.717, 1.165) is 29.0 Å². The van der Waals surface area contributed by atoms with Crippen molar-refractivity contribution in [1.29, 1.82) is 0 Å². The number of piperidine rings is 1. The van der Waals surface area contributed by atoms with Crippen molar-refractivity contribution in [3.05, 3.63) is 11.1 Å². The van der Waals surface area contributed by atoms with Crippen LogP contribution in [0.1, 0.15) is 50.5 Å². The molecule has 0 bridgehead atoms. The number of aliphatic hydroxyl groups is 1. The molecule has 17 heavy (non-hydrogen) atoms. The van der Waals surface area contributed by atoms with Crippen LogP contribution in [-0.4, -0.2) is 23.2 Å². The molecule has 2 heterocycles. The van der Waals surface area contributed by atoms with Crippen LogP contribution in [0, 0.1) is 5.92 Å². The van der Waals surface area contributed by atoms with Gasteiger partial charge in [-0.3, -0.25) is 0 Å². The highest BCUT2D eigenvalue weighted by Gasteiger charge is 2.21. The lowest BCUT2D eigenvalue weighted by Crippen LogP contribution is -2.33. The smallest absolute Gasteiger partial charge is 0.185 e. The molecule has 1 atom stereocenters. The normalized spacial score (nSPS) is 19.6. The summed E-state index contributed by atoms with van der Waals surface area (Å²) in [5, 5.41) is 10.6. The van der Waals surface area contributed by atoms with E-state index < -0.39 is 0 Å². The highest BCUT2D eigenvalue weighted by atomic mass is 32.1. The predicted octanol–water partition coefficient (Wildman–Crippen LogP) is 3.21. The van der Waals surface area contributed by atoms with Crippen molar-refractivity contribution in [3.8, 4) is 0 Å². The van der Waals surface area contributed by atoms with Crippen molar-refractivity contribution >= 4 is 16.5 Å². The molecule has 1 unspecified atom stereocenters. The van der Waals surface area contributed by atoms with E-state index in [1.54, 1.807) is 18.3 Å². The fourth-order valence-corrected chi connectivity index (χ4v) is 3.34. The SMILES string of the molecule is CCCC1CCN(c2ncc(C(C)O)s2)CC1. The van der Waals surface area contributed by atoms with Gasteiger partial charge < -0.3 is 10.0 Å². The number of nitrogens with zero attached hydrogens (tertiary/aromatic N) is 2. The molecule has 0 aliphatic carbocycles. The van der Waals surface area contributed by atoms with Crippen molar-refractivity contribution in [3.63, 3.8) is 0 Å². The molecule has 0 amide bonds. The molecule has 1 aromatic heterocycles. The molecule has 3 nitrogen and oxygen atoms in total. The molecule has 1 aliphatic rings. The van der Waals surface area contributed by atoms with Crippen LogP contribution in [0.4, 0.5) is 5.13 Å². The molecule has 1 fully saturated rings. The Morgan fingerprint density at radius 2 is 2.24 bits per heavy atom. The lowest BCUT2D eigenvalue weighted by Gasteiger charge is -2.31. The maximum absolute atomic E-state index is 9.50. The topological polar surface area (TPSA) is 36.4 Å². The van der Waals surface area contributed by atoms with Gasteiger partial charge in [-0.2, -0.15) is 0 Å². The Bertz CT molecular complexity index is 343. The summed E-state index contributed by atoms with van der Waals surface area (Å²) in [4.78, 5) is 7.75. The summed E-state index contributed by atoms with van der Waals surface area (Å²) < 4.78 is 0. The van der Waals surface area contributed by atoms with Crippen molar-refractivity contribution in [1.82, 2.24) is 4.98 Å². The van der Waals surface area contributed by atoms with Crippen molar-refractivity contribution in [2.75, 3.05) is 18.0 Å². The first kappa shape index (κ1) is 12.8. The van der Waals surface area contributed by atoms with Crippen LogP contribution in [0.25, 0.3) is 0 Å². The van der Waals surface area contributed by atoms with E-state index in [-0.39, 0.29) is 6.10 Å². The van der Waals surface area contributed by atoms with Crippen LogP contribution in [-0.2, 0) is 0 Å². The second-order valence-corrected chi connectivity index (χ2v) is 5.98. The summed E-state index contributed by atoms with van der Waals surface area (Å²) >= 11 is 1.63. The van der Waals surface area contributed by atoms with Crippen LogP contribution >= 0.6 is 11.3 Å². The Kier molecular flexibility index (Phi) is 4.40. The first-order chi connectivity index (χ1) is 8.20. The molecule has 4 heteroatoms. The monoisotopic (exact) mass is 254 g/mol. The number of hydrogen-bond donors (Lipinski definition) is 1. The van der Waals surface area contributed by atoms with Gasteiger partial charge in [-0.1, -0.05) is 31.1 Å². The Morgan fingerprint density at radius 1 is 1.53 bits per heavy atom. The van der Waals surface area contributed by atoms with Crippen molar-refractivity contribution in [2.45, 2.75) is 45.6 Å². The zero-order chi connectivity index (χ0) is 12.3. The maximum Gasteiger partial charge on any atom is 0.185 e. The first-order valence-electron chi connectivity index (χ1n) is 6.59. The van der Waals surface area contributed by atoms with E-state index in [1.807, 2.05) is 6.20 Å². The fraction of sp³-hybridized carbons (Fsp3) is 0.769. The van der Waals surface area contributed by atoms with Crippen LogP contribution in [0.5, 0.6) is 0 Å². The number of thiazole rings is 1. The van der Waals surface area contributed by atoms with Gasteiger partial charge in [0.1, 0.15) is 0 Å². The molecule has 0 radical (unpaired) electrons. The molecule has 0 spiro atoms. The lowest BCUT2D eigenvalue weighted by molar-refractivity contribution is 0.203. The molecular weight excluding hydrogens is 232 g/mol. The minimum atomic E-state index is -0.390. The predicted molar refractivity (Wildman–Crippen MR) is 72.6 cm³/mol. The molecular formula is C13H22N2OS. The van der Waals surface area contributed by atoms with Gasteiger partial charge in [-0.05, 0) is 25.7 Å². The number of anilines is 1. The highest BCUT2D eigenvalue weighted by molar-refractivity contribution is 7.15. The van der Waals surface area contributed by atoms with Gasteiger partial charge in [0.15, 0.2) is 5.13 Å². The third-order valence-corrected chi connectivity index (χ3v) is 4.73. The van der Waals surface area contributed by atoms with Crippen LogP contribution < -0.4 is 4.90 Å². The Labute approximate surface area is 107 Å². The van der Waals surface area contributed by atoms with Crippen molar-refractivity contribution in [2.24, 2.45) is 5.92 Å². The standard InChI is InChI=1S/C13H22N2OS/c1-3-4-11-5-7-15(8-6-11)13-14-9-12(17-13)10(2)16/h9-11,16H,3-8H2,1-2H3. The average molecular weight is 254 g/mol. The Hall–Kier alpha value is -0.610. The number of aliphatic hydroxyl groups excluding tert-OH is 1. The number of aromatic nitrogens is 1. The zero-order valence-corrected chi connectivity index (χ0v) is 11.5. The van der Waals surface area contributed by atoms with Crippen LogP contribution in [0.2, 0.25) is 0 Å². The molecule has 0 aromatic carbocycles. The molecule has 0 saturated carbocycles. The second kappa shape index (κ2) is 5.83. The van der Waals surface area contributed by atoms with Crippen molar-refractivity contribution < 1.29 is 5.11 Å². The fourth-order valence-electron chi connectivity index (χ4n) is 2.44. The molecule has 2 rings (SSSR count). The van der Waals surface area contributed by atoms with Gasteiger partial charge in [0.25, 0.3) is 0 Å². The van der Waals surface area contributed by atoms with Gasteiger partial charge in [0.2, 0.25) is 0 Å². The maximum atomic E-state index is 9.50. The van der Waals surface area contributed by atoms with E-state index in [1.165, 1.54) is 25.7 Å². The van der Waals surface area contributed by atoms with Gasteiger partial charge in [-0.25, -0.2) is 4.98 Å². The second-order valence-electron chi connectivity index (χ2n) is 4.94. The number of rotatable bonds is 4. The van der Waals surface area contributed by atoms with Gasteiger partial charge in [-0.15, -0.1) is 0 Å². The molecule has 96 valence electrons. The minimum Gasteiger partial charge on any atom is -0.388 e. The lowest BCUT2D eigenvalue weighted by atomic mass is 9.93. The Balaban J connectivity index is 1.91. The first-order valence-corrected chi connectivity index (χ1v) is 7.41. The summed E-state index contributed by atoms with van der Waals surface area (Å²) in [5.41, 5.74) is 0. The summed E-state index contributed by atoms with van der Waals surface area (Å²) in [6.07, 6.45) is 6.66.